The maximum Gasteiger partial charge on any atom is 0.248 e. The summed E-state index contributed by atoms with van der Waals surface area (Å²) in [7, 11) is -3.12. The summed E-state index contributed by atoms with van der Waals surface area (Å²) in [5, 5.41) is 2.80. The van der Waals surface area contributed by atoms with Crippen molar-refractivity contribution in [2.24, 2.45) is 0 Å². The number of piperazine rings is 1. The van der Waals surface area contributed by atoms with Crippen LogP contribution in [0, 0.1) is 0 Å². The highest BCUT2D eigenvalue weighted by Crippen LogP contribution is 2.33. The van der Waals surface area contributed by atoms with Crippen LogP contribution in [0.5, 0.6) is 0 Å². The minimum atomic E-state index is -3.12. The van der Waals surface area contributed by atoms with Crippen LogP contribution in [0.25, 0.3) is 0 Å². The molecule has 1 aliphatic carbocycles. The van der Waals surface area contributed by atoms with Crippen LogP contribution in [-0.2, 0) is 19.4 Å². The average Bonchev–Trinajstić information content (AvgIpc) is 2.81. The molecule has 0 radical (unpaired) electrons. The molecule has 0 unspecified atom stereocenters. The van der Waals surface area contributed by atoms with Crippen LogP contribution in [0.3, 0.4) is 0 Å². The SMILES string of the molecule is CCS(=O)(=O)CCN1CC(=O)NC2(CCCC2)C1=O. The highest BCUT2D eigenvalue weighted by Gasteiger charge is 2.48. The van der Waals surface area contributed by atoms with Gasteiger partial charge in [0.2, 0.25) is 11.8 Å². The third kappa shape index (κ3) is 2.91. The lowest BCUT2D eigenvalue weighted by Gasteiger charge is -2.39. The van der Waals surface area contributed by atoms with Crippen LogP contribution in [-0.4, -0.2) is 55.3 Å². The first-order valence-electron chi connectivity index (χ1n) is 6.69. The summed E-state index contributed by atoms with van der Waals surface area (Å²) in [6.45, 7) is 1.67. The van der Waals surface area contributed by atoms with Gasteiger partial charge >= 0.3 is 0 Å². The van der Waals surface area contributed by atoms with Crippen molar-refractivity contribution in [1.29, 1.82) is 0 Å². The molecule has 1 saturated heterocycles. The molecule has 1 N–H and O–H groups in total. The van der Waals surface area contributed by atoms with Crippen LogP contribution in [0.1, 0.15) is 32.6 Å². The molecule has 19 heavy (non-hydrogen) atoms. The van der Waals surface area contributed by atoms with Crippen LogP contribution in [0.15, 0.2) is 0 Å². The predicted octanol–water partition coefficient (Wildman–Crippen LogP) is -0.308. The number of hydrogen-bond acceptors (Lipinski definition) is 4. The zero-order valence-electron chi connectivity index (χ0n) is 11.1. The molecular weight excluding hydrogens is 268 g/mol. The van der Waals surface area contributed by atoms with E-state index in [1.54, 1.807) is 6.92 Å². The summed E-state index contributed by atoms with van der Waals surface area (Å²) >= 11 is 0. The van der Waals surface area contributed by atoms with Crippen molar-refractivity contribution in [3.8, 4) is 0 Å². The molecule has 1 heterocycles. The summed E-state index contributed by atoms with van der Waals surface area (Å²) in [6.07, 6.45) is 3.17. The fourth-order valence-corrected chi connectivity index (χ4v) is 3.59. The first-order chi connectivity index (χ1) is 8.88. The second-order valence-corrected chi connectivity index (χ2v) is 7.77. The zero-order chi connectivity index (χ0) is 14.1. The molecule has 1 aliphatic heterocycles. The lowest BCUT2D eigenvalue weighted by atomic mass is 9.93. The van der Waals surface area contributed by atoms with Crippen LogP contribution in [0.2, 0.25) is 0 Å². The third-order valence-corrected chi connectivity index (χ3v) is 5.66. The van der Waals surface area contributed by atoms with E-state index in [9.17, 15) is 18.0 Å². The quantitative estimate of drug-likeness (QED) is 0.769. The van der Waals surface area contributed by atoms with E-state index >= 15 is 0 Å². The van der Waals surface area contributed by atoms with Gasteiger partial charge in [0.15, 0.2) is 9.84 Å². The van der Waals surface area contributed by atoms with E-state index in [2.05, 4.69) is 5.32 Å². The molecule has 2 fully saturated rings. The second-order valence-electron chi connectivity index (χ2n) is 5.30. The molecule has 6 nitrogen and oxygen atoms in total. The van der Waals surface area contributed by atoms with Gasteiger partial charge in [-0.25, -0.2) is 8.42 Å². The Morgan fingerprint density at radius 2 is 1.89 bits per heavy atom. The number of carbonyl (C=O) groups excluding carboxylic acids is 2. The van der Waals surface area contributed by atoms with Crippen LogP contribution < -0.4 is 5.32 Å². The van der Waals surface area contributed by atoms with Crippen LogP contribution >= 0.6 is 0 Å². The zero-order valence-corrected chi connectivity index (χ0v) is 12.0. The maximum atomic E-state index is 12.4. The highest BCUT2D eigenvalue weighted by molar-refractivity contribution is 7.91. The lowest BCUT2D eigenvalue weighted by molar-refractivity contribution is -0.149. The van der Waals surface area contributed by atoms with Gasteiger partial charge in [-0.05, 0) is 12.8 Å². The minimum absolute atomic E-state index is 0.0280. The Morgan fingerprint density at radius 1 is 1.26 bits per heavy atom. The Morgan fingerprint density at radius 3 is 2.47 bits per heavy atom. The Hall–Kier alpha value is -1.11. The molecule has 1 saturated carbocycles. The molecule has 7 heteroatoms. The third-order valence-electron chi connectivity index (χ3n) is 3.98. The number of nitrogens with zero attached hydrogens (tertiary/aromatic N) is 1. The first kappa shape index (κ1) is 14.3. The molecule has 0 aromatic rings. The lowest BCUT2D eigenvalue weighted by Crippen LogP contribution is -2.65. The van der Waals surface area contributed by atoms with Crippen molar-refractivity contribution in [1.82, 2.24) is 10.2 Å². The molecular formula is C12H20N2O4S. The summed E-state index contributed by atoms with van der Waals surface area (Å²) in [6, 6.07) is 0. The van der Waals surface area contributed by atoms with Gasteiger partial charge in [-0.3, -0.25) is 9.59 Å². The first-order valence-corrected chi connectivity index (χ1v) is 8.51. The van der Waals surface area contributed by atoms with E-state index < -0.39 is 15.4 Å². The van der Waals surface area contributed by atoms with Crippen molar-refractivity contribution in [2.75, 3.05) is 24.6 Å². The Balaban J connectivity index is 2.08. The fraction of sp³-hybridized carbons (Fsp3) is 0.833. The fourth-order valence-electron chi connectivity index (χ4n) is 2.80. The van der Waals surface area contributed by atoms with E-state index in [1.165, 1.54) is 4.90 Å². The Labute approximate surface area is 113 Å². The second kappa shape index (κ2) is 5.11. The van der Waals surface area contributed by atoms with Crippen molar-refractivity contribution in [3.63, 3.8) is 0 Å². The van der Waals surface area contributed by atoms with Gasteiger partial charge in [0.05, 0.1) is 12.3 Å². The van der Waals surface area contributed by atoms with Gasteiger partial charge < -0.3 is 10.2 Å². The van der Waals surface area contributed by atoms with E-state index in [0.29, 0.717) is 12.8 Å². The largest absolute Gasteiger partial charge is 0.340 e. The molecule has 0 aromatic heterocycles. The van der Waals surface area contributed by atoms with Gasteiger partial charge in [-0.15, -0.1) is 0 Å². The molecule has 2 amide bonds. The smallest absolute Gasteiger partial charge is 0.248 e. The van der Waals surface area contributed by atoms with Gasteiger partial charge in [0.25, 0.3) is 0 Å². The molecule has 0 aromatic carbocycles. The van der Waals surface area contributed by atoms with Crippen molar-refractivity contribution < 1.29 is 18.0 Å². The minimum Gasteiger partial charge on any atom is -0.340 e. The summed E-state index contributed by atoms with van der Waals surface area (Å²) in [5.41, 5.74) is -0.759. The number of amides is 2. The van der Waals surface area contributed by atoms with E-state index in [1.807, 2.05) is 0 Å². The normalized spacial score (nSPS) is 22.9. The van der Waals surface area contributed by atoms with Gasteiger partial charge in [0, 0.05) is 12.3 Å². The van der Waals surface area contributed by atoms with Crippen molar-refractivity contribution in [3.05, 3.63) is 0 Å². The van der Waals surface area contributed by atoms with E-state index in [-0.39, 0.29) is 36.4 Å². The average molecular weight is 288 g/mol. The highest BCUT2D eigenvalue weighted by atomic mass is 32.2. The summed E-state index contributed by atoms with van der Waals surface area (Å²) in [5.74, 6) is -0.309. The van der Waals surface area contributed by atoms with Gasteiger partial charge in [0.1, 0.15) is 5.54 Å². The topological polar surface area (TPSA) is 83.6 Å². The van der Waals surface area contributed by atoms with Gasteiger partial charge in [-0.2, -0.15) is 0 Å². The summed E-state index contributed by atoms with van der Waals surface area (Å²) < 4.78 is 23.0. The number of carbonyl (C=O) groups is 2. The molecule has 2 rings (SSSR count). The Kier molecular flexibility index (Phi) is 3.85. The molecule has 108 valence electrons. The molecule has 1 spiro atoms. The Bertz CT molecular complexity index is 480. The maximum absolute atomic E-state index is 12.4. The predicted molar refractivity (Wildman–Crippen MR) is 70.2 cm³/mol. The number of sulfone groups is 1. The molecule has 2 aliphatic rings. The number of rotatable bonds is 4. The number of hydrogen-bond donors (Lipinski definition) is 1. The molecule has 0 bridgehead atoms. The van der Waals surface area contributed by atoms with Gasteiger partial charge in [-0.1, -0.05) is 19.8 Å². The monoisotopic (exact) mass is 288 g/mol. The molecule has 0 atom stereocenters. The van der Waals surface area contributed by atoms with Crippen molar-refractivity contribution >= 4 is 21.7 Å². The van der Waals surface area contributed by atoms with E-state index in [4.69, 9.17) is 0 Å². The standard InChI is InChI=1S/C12H20N2O4S/c1-2-19(17,18)8-7-14-9-10(15)13-12(11(14)16)5-3-4-6-12/h2-9H2,1H3,(H,13,15). The van der Waals surface area contributed by atoms with E-state index in [0.717, 1.165) is 12.8 Å². The number of nitrogens with one attached hydrogen (secondary N) is 1. The van der Waals surface area contributed by atoms with Crippen LogP contribution in [0.4, 0.5) is 0 Å². The summed E-state index contributed by atoms with van der Waals surface area (Å²) in [4.78, 5) is 25.5. The van der Waals surface area contributed by atoms with Crippen molar-refractivity contribution in [2.45, 2.75) is 38.1 Å².